The molecule has 0 bridgehead atoms. The Kier molecular flexibility index (Phi) is 5.44. The van der Waals surface area contributed by atoms with E-state index in [0.717, 1.165) is 11.4 Å². The normalized spacial score (nSPS) is 12.0. The molecule has 5 nitrogen and oxygen atoms in total. The molecule has 0 aliphatic rings. The Balaban J connectivity index is 2.09. The van der Waals surface area contributed by atoms with E-state index in [0.29, 0.717) is 16.1 Å². The predicted octanol–water partition coefficient (Wildman–Crippen LogP) is 2.75. The number of nitrogens with zero attached hydrogens (tertiary/aromatic N) is 1. The number of halogens is 1. The van der Waals surface area contributed by atoms with Gasteiger partial charge in [-0.2, -0.15) is 0 Å². The van der Waals surface area contributed by atoms with Crippen molar-refractivity contribution in [3.8, 4) is 0 Å². The molecule has 0 saturated heterocycles. The predicted molar refractivity (Wildman–Crippen MR) is 85.3 cm³/mol. The van der Waals surface area contributed by atoms with Crippen molar-refractivity contribution < 1.29 is 19.1 Å². The van der Waals surface area contributed by atoms with Crippen molar-refractivity contribution in [3.05, 3.63) is 51.2 Å². The summed E-state index contributed by atoms with van der Waals surface area (Å²) in [5.74, 6) is -2.78. The second kappa shape index (κ2) is 7.32. The molecule has 2 aromatic rings. The number of benzene rings is 1. The quantitative estimate of drug-likeness (QED) is 0.850. The first-order valence-corrected chi connectivity index (χ1v) is 7.96. The lowest BCUT2D eigenvalue weighted by Gasteiger charge is -2.13. The molecule has 0 saturated carbocycles. The van der Waals surface area contributed by atoms with Gasteiger partial charge >= 0.3 is 5.97 Å². The number of nitrogens with one attached hydrogen (secondary N) is 1. The number of aryl methyl sites for hydroxylation is 2. The van der Waals surface area contributed by atoms with Crippen molar-refractivity contribution in [1.29, 1.82) is 0 Å². The zero-order valence-electron chi connectivity index (χ0n) is 12.8. The summed E-state index contributed by atoms with van der Waals surface area (Å²) in [5, 5.41) is 12.8. The minimum Gasteiger partial charge on any atom is -0.481 e. The molecular weight excluding hydrogens is 319 g/mol. The van der Waals surface area contributed by atoms with Gasteiger partial charge in [0.2, 0.25) is 0 Å². The minimum absolute atomic E-state index is 0.0708. The molecule has 23 heavy (non-hydrogen) atoms. The van der Waals surface area contributed by atoms with Crippen LogP contribution in [0.3, 0.4) is 0 Å². The molecule has 1 heterocycles. The number of carbonyl (C=O) groups excluding carboxylic acids is 1. The Labute approximate surface area is 137 Å². The van der Waals surface area contributed by atoms with Crippen molar-refractivity contribution in [1.82, 2.24) is 10.3 Å². The van der Waals surface area contributed by atoms with E-state index < -0.39 is 17.7 Å². The van der Waals surface area contributed by atoms with Gasteiger partial charge < -0.3 is 10.4 Å². The zero-order chi connectivity index (χ0) is 17.0. The van der Waals surface area contributed by atoms with Crippen LogP contribution in [0.2, 0.25) is 0 Å². The number of aliphatic carboxylic acids is 1. The summed E-state index contributed by atoms with van der Waals surface area (Å²) in [6.45, 7) is 3.63. The summed E-state index contributed by atoms with van der Waals surface area (Å²) in [6, 6.07) is 5.22. The number of amides is 1. The van der Waals surface area contributed by atoms with Gasteiger partial charge in [0, 0.05) is 6.54 Å². The monoisotopic (exact) mass is 336 g/mol. The summed E-state index contributed by atoms with van der Waals surface area (Å²) >= 11 is 1.31. The summed E-state index contributed by atoms with van der Waals surface area (Å²) in [4.78, 5) is 28.4. The third-order valence-corrected chi connectivity index (χ3v) is 4.69. The van der Waals surface area contributed by atoms with Crippen LogP contribution < -0.4 is 5.32 Å². The van der Waals surface area contributed by atoms with Crippen LogP contribution in [-0.4, -0.2) is 28.5 Å². The number of carboxylic acid groups (broad SMARTS) is 1. The number of hydrogen-bond donors (Lipinski definition) is 2. The third-order valence-electron chi connectivity index (χ3n) is 3.39. The van der Waals surface area contributed by atoms with Crippen LogP contribution in [0.25, 0.3) is 0 Å². The fourth-order valence-electron chi connectivity index (χ4n) is 2.13. The third kappa shape index (κ3) is 4.13. The maximum Gasteiger partial charge on any atom is 0.312 e. The maximum atomic E-state index is 12.9. The highest BCUT2D eigenvalue weighted by molar-refractivity contribution is 7.13. The van der Waals surface area contributed by atoms with Crippen molar-refractivity contribution in [2.75, 3.05) is 6.54 Å². The summed E-state index contributed by atoms with van der Waals surface area (Å²) < 4.78 is 12.9. The standard InChI is InChI=1S/C16H17FN2O3S/c1-3-13-19-9(2)14(23-13)15(20)18-8-12(16(21)22)10-4-6-11(17)7-5-10/h4-7,12H,3,8H2,1-2H3,(H,18,20)(H,21,22). The number of rotatable bonds is 6. The van der Waals surface area contributed by atoms with Crippen LogP contribution in [-0.2, 0) is 11.2 Å². The van der Waals surface area contributed by atoms with Crippen LogP contribution in [0.1, 0.15) is 38.8 Å². The van der Waals surface area contributed by atoms with Crippen LogP contribution in [0.5, 0.6) is 0 Å². The summed E-state index contributed by atoms with van der Waals surface area (Å²) in [7, 11) is 0. The molecule has 2 N–H and O–H groups in total. The van der Waals surface area contributed by atoms with E-state index in [4.69, 9.17) is 0 Å². The van der Waals surface area contributed by atoms with Gasteiger partial charge in [-0.3, -0.25) is 9.59 Å². The molecule has 0 aliphatic carbocycles. The Morgan fingerprint density at radius 2 is 2.00 bits per heavy atom. The van der Waals surface area contributed by atoms with Gasteiger partial charge in [0.25, 0.3) is 5.91 Å². The van der Waals surface area contributed by atoms with E-state index in [2.05, 4.69) is 10.3 Å². The molecule has 1 aromatic carbocycles. The van der Waals surface area contributed by atoms with Crippen LogP contribution in [0.4, 0.5) is 4.39 Å². The smallest absolute Gasteiger partial charge is 0.312 e. The molecule has 7 heteroatoms. The van der Waals surface area contributed by atoms with Gasteiger partial charge in [-0.25, -0.2) is 9.37 Å². The Morgan fingerprint density at radius 3 is 2.52 bits per heavy atom. The SMILES string of the molecule is CCc1nc(C)c(C(=O)NCC(C(=O)O)c2ccc(F)cc2)s1. The topological polar surface area (TPSA) is 79.3 Å². The first-order valence-electron chi connectivity index (χ1n) is 7.15. The van der Waals surface area contributed by atoms with Crippen molar-refractivity contribution in [2.45, 2.75) is 26.2 Å². The first kappa shape index (κ1) is 17.1. The van der Waals surface area contributed by atoms with Crippen LogP contribution >= 0.6 is 11.3 Å². The summed E-state index contributed by atoms with van der Waals surface area (Å²) in [6.07, 6.45) is 0.742. The van der Waals surface area contributed by atoms with E-state index in [-0.39, 0.29) is 12.5 Å². The van der Waals surface area contributed by atoms with E-state index in [1.54, 1.807) is 6.92 Å². The Bertz CT molecular complexity index is 713. The van der Waals surface area contributed by atoms with Gasteiger partial charge in [0.1, 0.15) is 10.7 Å². The van der Waals surface area contributed by atoms with Gasteiger partial charge in [-0.15, -0.1) is 11.3 Å². The fourth-order valence-corrected chi connectivity index (χ4v) is 3.05. The molecule has 1 amide bonds. The molecule has 1 atom stereocenters. The second-order valence-electron chi connectivity index (χ2n) is 5.03. The molecule has 1 unspecified atom stereocenters. The number of thiazole rings is 1. The number of aromatic nitrogens is 1. The molecule has 122 valence electrons. The average molecular weight is 336 g/mol. The molecule has 2 rings (SSSR count). The molecular formula is C16H17FN2O3S. The van der Waals surface area contributed by atoms with Crippen LogP contribution in [0.15, 0.2) is 24.3 Å². The molecule has 0 spiro atoms. The highest BCUT2D eigenvalue weighted by Gasteiger charge is 2.22. The lowest BCUT2D eigenvalue weighted by Crippen LogP contribution is -2.31. The minimum atomic E-state index is -1.08. The molecule has 0 radical (unpaired) electrons. The lowest BCUT2D eigenvalue weighted by atomic mass is 9.99. The lowest BCUT2D eigenvalue weighted by molar-refractivity contribution is -0.138. The number of carboxylic acids is 1. The molecule has 0 fully saturated rings. The Hall–Kier alpha value is -2.28. The average Bonchev–Trinajstić information content (AvgIpc) is 2.90. The highest BCUT2D eigenvalue weighted by atomic mass is 32.1. The maximum absolute atomic E-state index is 12.9. The van der Waals surface area contributed by atoms with Gasteiger partial charge in [0.05, 0.1) is 16.6 Å². The van der Waals surface area contributed by atoms with E-state index in [1.807, 2.05) is 6.92 Å². The van der Waals surface area contributed by atoms with Gasteiger partial charge in [-0.1, -0.05) is 19.1 Å². The van der Waals surface area contributed by atoms with E-state index >= 15 is 0 Å². The van der Waals surface area contributed by atoms with Crippen molar-refractivity contribution >= 4 is 23.2 Å². The molecule has 0 aliphatic heterocycles. The zero-order valence-corrected chi connectivity index (χ0v) is 13.6. The number of hydrogen-bond acceptors (Lipinski definition) is 4. The van der Waals surface area contributed by atoms with Gasteiger partial charge in [0.15, 0.2) is 0 Å². The van der Waals surface area contributed by atoms with E-state index in [9.17, 15) is 19.1 Å². The first-order chi connectivity index (χ1) is 10.9. The van der Waals surface area contributed by atoms with Crippen molar-refractivity contribution in [3.63, 3.8) is 0 Å². The van der Waals surface area contributed by atoms with Gasteiger partial charge in [-0.05, 0) is 31.0 Å². The van der Waals surface area contributed by atoms with Crippen LogP contribution in [0, 0.1) is 12.7 Å². The largest absolute Gasteiger partial charge is 0.481 e. The molecule has 1 aromatic heterocycles. The second-order valence-corrected chi connectivity index (χ2v) is 6.11. The fraction of sp³-hybridized carbons (Fsp3) is 0.312. The number of carbonyl (C=O) groups is 2. The van der Waals surface area contributed by atoms with E-state index in [1.165, 1.54) is 35.6 Å². The Morgan fingerprint density at radius 1 is 1.35 bits per heavy atom. The van der Waals surface area contributed by atoms with Crippen molar-refractivity contribution in [2.24, 2.45) is 0 Å². The highest BCUT2D eigenvalue weighted by Crippen LogP contribution is 2.20. The summed E-state index contributed by atoms with van der Waals surface area (Å²) in [5.41, 5.74) is 1.08.